The number of likely N-dealkylation sites (tertiary alicyclic amines) is 1. The zero-order valence-corrected chi connectivity index (χ0v) is 18.6. The van der Waals surface area contributed by atoms with Crippen LogP contribution >= 0.6 is 11.6 Å². The van der Waals surface area contributed by atoms with Gasteiger partial charge in [0.05, 0.1) is 0 Å². The van der Waals surface area contributed by atoms with E-state index in [1.54, 1.807) is 19.9 Å². The van der Waals surface area contributed by atoms with Gasteiger partial charge in [0.15, 0.2) is 5.60 Å². The van der Waals surface area contributed by atoms with E-state index in [0.717, 1.165) is 37.8 Å². The minimum atomic E-state index is -0.988. The second-order valence-corrected chi connectivity index (χ2v) is 10.4. The van der Waals surface area contributed by atoms with Crippen molar-refractivity contribution in [2.75, 3.05) is 6.54 Å². The van der Waals surface area contributed by atoms with Crippen LogP contribution in [0, 0.1) is 18.8 Å². The topological polar surface area (TPSA) is 58.6 Å². The van der Waals surface area contributed by atoms with Crippen LogP contribution in [0.25, 0.3) is 0 Å². The molecule has 2 amide bonds. The first-order valence-electron chi connectivity index (χ1n) is 11.0. The van der Waals surface area contributed by atoms with Gasteiger partial charge in [0, 0.05) is 41.4 Å². The van der Waals surface area contributed by atoms with E-state index < -0.39 is 5.60 Å². The van der Waals surface area contributed by atoms with Gasteiger partial charge in [-0.2, -0.15) is 0 Å². The number of fused-ring (bicyclic) bond motifs is 1. The number of halogens is 1. The molecular weight excluding hydrogens is 400 g/mol. The number of nitrogens with one attached hydrogen (secondary N) is 1. The Bertz CT molecular complexity index is 938. The van der Waals surface area contributed by atoms with Crippen LogP contribution in [0.4, 0.5) is 0 Å². The Morgan fingerprint density at radius 3 is 2.67 bits per heavy atom. The van der Waals surface area contributed by atoms with Crippen LogP contribution in [0.2, 0.25) is 5.02 Å². The molecule has 1 saturated heterocycles. The van der Waals surface area contributed by atoms with Gasteiger partial charge in [-0.1, -0.05) is 23.3 Å². The molecule has 1 aromatic rings. The largest absolute Gasteiger partial charge is 0.478 e. The fourth-order valence-corrected chi connectivity index (χ4v) is 6.30. The fraction of sp³-hybridized carbons (Fsp3) is 0.583. The SMILES string of the molecule is Cc1cc(Cl)ccc1OC(C)(C)C(=O)N[C@@H]1[C@@H]2C[C@]3(N4CCCC4=O)CC=C2[C@@H]1C3. The Hall–Kier alpha value is -2.01. The van der Waals surface area contributed by atoms with Gasteiger partial charge in [-0.3, -0.25) is 9.59 Å². The highest BCUT2D eigenvalue weighted by Crippen LogP contribution is 2.61. The monoisotopic (exact) mass is 428 g/mol. The van der Waals surface area contributed by atoms with Crippen molar-refractivity contribution in [2.45, 2.75) is 70.1 Å². The first-order valence-corrected chi connectivity index (χ1v) is 11.3. The first kappa shape index (κ1) is 19.9. The summed E-state index contributed by atoms with van der Waals surface area (Å²) in [5, 5.41) is 3.93. The summed E-state index contributed by atoms with van der Waals surface area (Å²) in [5.74, 6) is 1.58. The van der Waals surface area contributed by atoms with Crippen LogP contribution in [0.3, 0.4) is 0 Å². The smallest absolute Gasteiger partial charge is 0.263 e. The van der Waals surface area contributed by atoms with E-state index >= 15 is 0 Å². The van der Waals surface area contributed by atoms with E-state index in [-0.39, 0.29) is 17.5 Å². The highest BCUT2D eigenvalue weighted by molar-refractivity contribution is 6.30. The fourth-order valence-electron chi connectivity index (χ4n) is 6.08. The van der Waals surface area contributed by atoms with Crippen molar-refractivity contribution in [3.63, 3.8) is 0 Å². The summed E-state index contributed by atoms with van der Waals surface area (Å²) < 4.78 is 6.08. The quantitative estimate of drug-likeness (QED) is 0.720. The Morgan fingerprint density at radius 2 is 2.03 bits per heavy atom. The molecule has 0 radical (unpaired) electrons. The van der Waals surface area contributed by atoms with Crippen molar-refractivity contribution in [1.29, 1.82) is 0 Å². The van der Waals surface area contributed by atoms with Gasteiger partial charge < -0.3 is 15.0 Å². The van der Waals surface area contributed by atoms with Crippen molar-refractivity contribution in [1.82, 2.24) is 10.2 Å². The molecule has 7 rings (SSSR count). The predicted octanol–water partition coefficient (Wildman–Crippen LogP) is 4.02. The van der Waals surface area contributed by atoms with Crippen LogP contribution in [0.5, 0.6) is 5.75 Å². The molecule has 5 nitrogen and oxygen atoms in total. The minimum absolute atomic E-state index is 0.0155. The molecule has 30 heavy (non-hydrogen) atoms. The molecule has 4 atom stereocenters. The molecule has 0 aromatic heterocycles. The Morgan fingerprint density at radius 1 is 1.30 bits per heavy atom. The third kappa shape index (κ3) is 2.96. The molecule has 1 heterocycles. The zero-order valence-electron chi connectivity index (χ0n) is 17.8. The molecule has 4 bridgehead atoms. The van der Waals surface area contributed by atoms with Crippen LogP contribution in [0.1, 0.15) is 51.5 Å². The van der Waals surface area contributed by atoms with Crippen molar-refractivity contribution < 1.29 is 14.3 Å². The van der Waals surface area contributed by atoms with E-state index in [9.17, 15) is 9.59 Å². The van der Waals surface area contributed by atoms with Crippen LogP contribution < -0.4 is 10.1 Å². The second kappa shape index (κ2) is 6.74. The zero-order chi connectivity index (χ0) is 21.3. The third-order valence-electron chi connectivity index (χ3n) is 7.63. The molecule has 5 aliphatic carbocycles. The van der Waals surface area contributed by atoms with Gasteiger partial charge in [0.1, 0.15) is 5.75 Å². The van der Waals surface area contributed by atoms with E-state index in [2.05, 4.69) is 16.3 Å². The molecule has 4 fully saturated rings. The highest BCUT2D eigenvalue weighted by atomic mass is 35.5. The maximum Gasteiger partial charge on any atom is 0.263 e. The maximum absolute atomic E-state index is 13.1. The summed E-state index contributed by atoms with van der Waals surface area (Å²) in [4.78, 5) is 27.7. The number of carbonyl (C=O) groups is 2. The van der Waals surface area contributed by atoms with Crippen LogP contribution in [-0.4, -0.2) is 40.4 Å². The number of carbonyl (C=O) groups excluding carboxylic acids is 2. The number of ether oxygens (including phenoxy) is 1. The Kier molecular flexibility index (Phi) is 4.48. The number of hydrogen-bond acceptors (Lipinski definition) is 3. The standard InChI is InChI=1S/C24H29ClN2O3/c1-14-11-15(25)6-7-19(14)30-23(2,3)22(29)26-21-17-12-24(27-10-4-5-20(27)28)9-8-16(17)18(21)13-24/h6-8,11,17-18,21H,4-5,9-10,12-13H2,1-3H3,(H,26,29)/t17-,18+,21-,24-. The lowest BCUT2D eigenvalue weighted by molar-refractivity contribution is -0.144. The van der Waals surface area contributed by atoms with Crippen molar-refractivity contribution in [3.05, 3.63) is 40.4 Å². The van der Waals surface area contributed by atoms with E-state index in [0.29, 0.717) is 34.9 Å². The molecule has 6 heteroatoms. The third-order valence-corrected chi connectivity index (χ3v) is 7.87. The van der Waals surface area contributed by atoms with Gasteiger partial charge in [0.25, 0.3) is 5.91 Å². The molecule has 1 aromatic carbocycles. The average Bonchev–Trinajstić information content (AvgIpc) is 3.15. The van der Waals surface area contributed by atoms with Crippen molar-refractivity contribution in [3.8, 4) is 5.75 Å². The van der Waals surface area contributed by atoms with E-state index in [4.69, 9.17) is 16.3 Å². The molecule has 1 N–H and O–H groups in total. The number of hydrogen-bond donors (Lipinski definition) is 1. The lowest BCUT2D eigenvalue weighted by Crippen LogP contribution is -2.70. The average molecular weight is 429 g/mol. The maximum atomic E-state index is 13.1. The Balaban J connectivity index is 1.27. The van der Waals surface area contributed by atoms with Gasteiger partial charge in [-0.05, 0) is 70.2 Å². The van der Waals surface area contributed by atoms with Crippen molar-refractivity contribution >= 4 is 23.4 Å². The summed E-state index contributed by atoms with van der Waals surface area (Å²) in [5.41, 5.74) is 1.39. The molecule has 3 saturated carbocycles. The van der Waals surface area contributed by atoms with E-state index in [1.165, 1.54) is 5.57 Å². The van der Waals surface area contributed by atoms with Gasteiger partial charge in [-0.25, -0.2) is 0 Å². The van der Waals surface area contributed by atoms with Crippen LogP contribution in [0.15, 0.2) is 29.8 Å². The van der Waals surface area contributed by atoms with Crippen molar-refractivity contribution in [2.24, 2.45) is 11.8 Å². The minimum Gasteiger partial charge on any atom is -0.478 e. The second-order valence-electron chi connectivity index (χ2n) is 9.92. The van der Waals surface area contributed by atoms with Gasteiger partial charge in [-0.15, -0.1) is 0 Å². The van der Waals surface area contributed by atoms with Gasteiger partial charge in [0.2, 0.25) is 5.91 Å². The molecule has 6 aliphatic rings. The molecule has 160 valence electrons. The molecule has 0 spiro atoms. The number of amides is 2. The summed E-state index contributed by atoms with van der Waals surface area (Å²) in [6.07, 6.45) is 6.93. The summed E-state index contributed by atoms with van der Waals surface area (Å²) in [6, 6.07) is 5.56. The van der Waals surface area contributed by atoms with Gasteiger partial charge >= 0.3 is 0 Å². The summed E-state index contributed by atoms with van der Waals surface area (Å²) >= 11 is 6.03. The molecule has 1 aliphatic heterocycles. The molecule has 0 unspecified atom stereocenters. The van der Waals surface area contributed by atoms with Crippen LogP contribution in [-0.2, 0) is 9.59 Å². The lowest BCUT2D eigenvalue weighted by atomic mass is 9.47. The lowest BCUT2D eigenvalue weighted by Gasteiger charge is -2.64. The molecular formula is C24H29ClN2O3. The predicted molar refractivity (Wildman–Crippen MR) is 115 cm³/mol. The summed E-state index contributed by atoms with van der Waals surface area (Å²) in [6.45, 7) is 6.43. The first-order chi connectivity index (χ1) is 14.2. The number of nitrogens with zero attached hydrogens (tertiary/aromatic N) is 1. The van der Waals surface area contributed by atoms with E-state index in [1.807, 2.05) is 19.1 Å². The summed E-state index contributed by atoms with van der Waals surface area (Å²) in [7, 11) is 0. The highest BCUT2D eigenvalue weighted by Gasteiger charge is 2.62. The number of benzene rings is 1. The number of aryl methyl sites for hydroxylation is 1. The number of rotatable bonds is 5. The normalized spacial score (nSPS) is 32.0. The Labute approximate surface area is 182 Å².